The lowest BCUT2D eigenvalue weighted by atomic mass is 9.84. The van der Waals surface area contributed by atoms with Crippen molar-refractivity contribution in [2.45, 2.75) is 37.1 Å². The highest BCUT2D eigenvalue weighted by Crippen LogP contribution is 2.42. The number of amides is 1. The van der Waals surface area contributed by atoms with Crippen LogP contribution in [0, 0.1) is 23.6 Å². The molecule has 2 unspecified atom stereocenters. The van der Waals surface area contributed by atoms with Crippen molar-refractivity contribution in [3.63, 3.8) is 0 Å². The Hall–Kier alpha value is -3.68. The number of aliphatic imine (C=N–C) groups is 1. The third-order valence-electron chi connectivity index (χ3n) is 5.42. The van der Waals surface area contributed by atoms with Crippen molar-refractivity contribution < 1.29 is 31.5 Å². The van der Waals surface area contributed by atoms with Crippen LogP contribution in [0.3, 0.4) is 0 Å². The average molecular weight is 478 g/mol. The van der Waals surface area contributed by atoms with E-state index in [0.29, 0.717) is 11.5 Å². The zero-order valence-corrected chi connectivity index (χ0v) is 17.6. The third-order valence-corrected chi connectivity index (χ3v) is 5.42. The fourth-order valence-electron chi connectivity index (χ4n) is 3.46. The molecule has 34 heavy (non-hydrogen) atoms. The molecule has 0 bridgehead atoms. The Labute approximate surface area is 191 Å². The normalized spacial score (nSPS) is 22.1. The number of benzene rings is 1. The highest BCUT2D eigenvalue weighted by atomic mass is 19.4. The summed E-state index contributed by atoms with van der Waals surface area (Å²) in [6.45, 7) is -1.47. The van der Waals surface area contributed by atoms with Gasteiger partial charge in [-0.3, -0.25) is 4.79 Å². The SMILES string of the molecule is NC1=NC(CF)(c2cc(NC(=O)c3ccc(C#CC4CC4)cn3)ccc2F)CC(C(F)(F)F)O1. The minimum absolute atomic E-state index is 0.0115. The molecule has 6 nitrogen and oxygen atoms in total. The van der Waals surface area contributed by atoms with E-state index in [1.54, 1.807) is 6.07 Å². The molecule has 4 rings (SSSR count). The van der Waals surface area contributed by atoms with Crippen molar-refractivity contribution in [1.82, 2.24) is 4.98 Å². The molecule has 1 aromatic heterocycles. The van der Waals surface area contributed by atoms with Gasteiger partial charge in [0.2, 0.25) is 0 Å². The third kappa shape index (κ3) is 5.11. The fraction of sp³-hybridized carbons (Fsp3) is 0.348. The number of nitrogens with one attached hydrogen (secondary N) is 1. The van der Waals surface area contributed by atoms with E-state index >= 15 is 0 Å². The zero-order chi connectivity index (χ0) is 24.5. The van der Waals surface area contributed by atoms with E-state index in [4.69, 9.17) is 5.73 Å². The summed E-state index contributed by atoms with van der Waals surface area (Å²) in [6.07, 6.45) is -4.77. The summed E-state index contributed by atoms with van der Waals surface area (Å²) in [5.41, 5.74) is 3.29. The molecule has 1 fully saturated rings. The van der Waals surface area contributed by atoms with Crippen LogP contribution < -0.4 is 11.1 Å². The summed E-state index contributed by atoms with van der Waals surface area (Å²) in [5, 5.41) is 2.48. The highest BCUT2D eigenvalue weighted by Gasteiger charge is 2.52. The number of hydrogen-bond acceptors (Lipinski definition) is 5. The summed E-state index contributed by atoms with van der Waals surface area (Å²) in [7, 11) is 0. The maximum absolute atomic E-state index is 14.6. The van der Waals surface area contributed by atoms with E-state index in [-0.39, 0.29) is 11.4 Å². The van der Waals surface area contributed by atoms with Crippen molar-refractivity contribution in [1.29, 1.82) is 0 Å². The molecule has 0 radical (unpaired) electrons. The number of pyridine rings is 1. The van der Waals surface area contributed by atoms with Gasteiger partial charge in [-0.2, -0.15) is 13.2 Å². The molecule has 3 N–H and O–H groups in total. The van der Waals surface area contributed by atoms with Crippen LogP contribution in [0.1, 0.15) is 40.9 Å². The van der Waals surface area contributed by atoms with Crippen LogP contribution in [0.25, 0.3) is 0 Å². The number of hydrogen-bond donors (Lipinski definition) is 2. The monoisotopic (exact) mass is 478 g/mol. The van der Waals surface area contributed by atoms with Gasteiger partial charge >= 0.3 is 6.18 Å². The lowest BCUT2D eigenvalue weighted by Crippen LogP contribution is -2.48. The van der Waals surface area contributed by atoms with E-state index in [0.717, 1.165) is 25.0 Å². The predicted octanol–water partition coefficient (Wildman–Crippen LogP) is 4.07. The van der Waals surface area contributed by atoms with Gasteiger partial charge in [0.05, 0.1) is 0 Å². The number of nitrogens with zero attached hydrogens (tertiary/aromatic N) is 2. The zero-order valence-electron chi connectivity index (χ0n) is 17.6. The van der Waals surface area contributed by atoms with Crippen LogP contribution >= 0.6 is 0 Å². The molecule has 0 saturated heterocycles. The molecule has 2 heterocycles. The van der Waals surface area contributed by atoms with Gasteiger partial charge in [0.1, 0.15) is 23.7 Å². The number of halogens is 5. The molecule has 1 amide bonds. The average Bonchev–Trinajstić information content (AvgIpc) is 3.63. The van der Waals surface area contributed by atoms with Gasteiger partial charge in [-0.25, -0.2) is 18.8 Å². The largest absolute Gasteiger partial charge is 0.452 e. The minimum Gasteiger partial charge on any atom is -0.452 e. The fourth-order valence-corrected chi connectivity index (χ4v) is 3.46. The van der Waals surface area contributed by atoms with Crippen molar-refractivity contribution in [3.05, 3.63) is 59.2 Å². The van der Waals surface area contributed by atoms with E-state index in [9.17, 15) is 26.7 Å². The molecule has 11 heteroatoms. The summed E-state index contributed by atoms with van der Waals surface area (Å²) in [6, 6.07) is 5.29. The Morgan fingerprint density at radius 1 is 1.26 bits per heavy atom. The van der Waals surface area contributed by atoms with Crippen LogP contribution in [-0.2, 0) is 10.3 Å². The number of carbonyl (C=O) groups is 1. The Bertz CT molecular complexity index is 1180. The van der Waals surface area contributed by atoms with E-state index in [1.807, 2.05) is 0 Å². The first-order chi connectivity index (χ1) is 16.1. The second-order valence-electron chi connectivity index (χ2n) is 8.09. The Kier molecular flexibility index (Phi) is 6.17. The number of aromatic nitrogens is 1. The number of alkyl halides is 4. The van der Waals surface area contributed by atoms with Crippen LogP contribution in [-0.4, -0.2) is 35.9 Å². The van der Waals surface area contributed by atoms with Crippen molar-refractivity contribution >= 4 is 17.6 Å². The number of amidine groups is 1. The molecule has 1 aromatic carbocycles. The van der Waals surface area contributed by atoms with Crippen LogP contribution in [0.2, 0.25) is 0 Å². The van der Waals surface area contributed by atoms with Crippen molar-refractivity contribution in [2.24, 2.45) is 16.6 Å². The van der Waals surface area contributed by atoms with Crippen molar-refractivity contribution in [3.8, 4) is 11.8 Å². The lowest BCUT2D eigenvalue weighted by Gasteiger charge is -2.36. The van der Waals surface area contributed by atoms with Gasteiger partial charge in [0.25, 0.3) is 11.9 Å². The minimum atomic E-state index is -4.87. The second-order valence-corrected chi connectivity index (χ2v) is 8.09. The maximum Gasteiger partial charge on any atom is 0.425 e. The van der Waals surface area contributed by atoms with Gasteiger partial charge in [-0.1, -0.05) is 11.8 Å². The summed E-state index contributed by atoms with van der Waals surface area (Å²) < 4.78 is 73.0. The van der Waals surface area contributed by atoms with Gasteiger partial charge in [-0.15, -0.1) is 0 Å². The molecule has 178 valence electrons. The van der Waals surface area contributed by atoms with Crippen molar-refractivity contribution in [2.75, 3.05) is 12.0 Å². The Morgan fingerprint density at radius 3 is 2.65 bits per heavy atom. The molecule has 1 saturated carbocycles. The quantitative estimate of drug-likeness (QED) is 0.512. The van der Waals surface area contributed by atoms with Crippen LogP contribution in [0.15, 0.2) is 41.5 Å². The number of nitrogens with two attached hydrogens (primary N) is 1. The first kappa shape index (κ1) is 23.5. The smallest absolute Gasteiger partial charge is 0.425 e. The summed E-state index contributed by atoms with van der Waals surface area (Å²) in [5.74, 6) is 4.78. The van der Waals surface area contributed by atoms with Gasteiger partial charge < -0.3 is 15.8 Å². The standard InChI is InChI=1S/C23H19F5N4O2/c24-12-22(10-19(23(26,27)28)34-21(29)32-22)16-9-15(6-7-17(16)25)31-20(33)18-8-5-14(11-30-18)4-3-13-1-2-13/h5-9,11,13,19H,1-2,10,12H2,(H2,29,32)(H,31,33). The predicted molar refractivity (Wildman–Crippen MR) is 113 cm³/mol. The molecular weight excluding hydrogens is 459 g/mol. The van der Waals surface area contributed by atoms with Gasteiger partial charge in [-0.05, 0) is 43.2 Å². The molecule has 1 aliphatic heterocycles. The molecule has 0 spiro atoms. The number of ether oxygens (including phenoxy) is 1. The van der Waals surface area contributed by atoms with Gasteiger partial charge in [0, 0.05) is 35.3 Å². The molecule has 2 aromatic rings. The summed E-state index contributed by atoms with van der Waals surface area (Å²) in [4.78, 5) is 20.3. The summed E-state index contributed by atoms with van der Waals surface area (Å²) >= 11 is 0. The Balaban J connectivity index is 1.57. The molecule has 2 atom stereocenters. The maximum atomic E-state index is 14.6. The van der Waals surface area contributed by atoms with E-state index in [1.165, 1.54) is 18.3 Å². The van der Waals surface area contributed by atoms with Crippen LogP contribution in [0.5, 0.6) is 0 Å². The number of carbonyl (C=O) groups excluding carboxylic acids is 1. The first-order valence-corrected chi connectivity index (χ1v) is 10.3. The number of rotatable bonds is 4. The Morgan fingerprint density at radius 2 is 2.03 bits per heavy atom. The molecule has 2 aliphatic rings. The number of anilines is 1. The van der Waals surface area contributed by atoms with Crippen LogP contribution in [0.4, 0.5) is 27.6 Å². The van der Waals surface area contributed by atoms with E-state index in [2.05, 4.69) is 31.9 Å². The molecule has 1 aliphatic carbocycles. The highest BCUT2D eigenvalue weighted by molar-refractivity contribution is 6.02. The molecular formula is C23H19F5N4O2. The lowest BCUT2D eigenvalue weighted by molar-refractivity contribution is -0.209. The van der Waals surface area contributed by atoms with E-state index < -0.39 is 54.2 Å². The first-order valence-electron chi connectivity index (χ1n) is 10.3. The van der Waals surface area contributed by atoms with Gasteiger partial charge in [0.15, 0.2) is 6.10 Å². The second kappa shape index (κ2) is 8.93. The topological polar surface area (TPSA) is 89.6 Å².